The smallest absolute Gasteiger partial charge is 0.0786 e. The Labute approximate surface area is 55.7 Å². The lowest BCUT2D eigenvalue weighted by Crippen LogP contribution is -2.06. The molecule has 42 valence electrons. The zero-order chi connectivity index (χ0) is 5.82. The van der Waals surface area contributed by atoms with Crippen LogP contribution in [0, 0.1) is 0 Å². The molecule has 0 aliphatic rings. The van der Waals surface area contributed by atoms with Crippen molar-refractivity contribution < 1.29 is 0 Å². The SMILES string of the molecule is C=C[SiH2]c1ccsc1. The van der Waals surface area contributed by atoms with Crippen molar-refractivity contribution in [3.05, 3.63) is 29.1 Å². The molecular formula is C6H8SSi. The Morgan fingerprint density at radius 3 is 3.12 bits per heavy atom. The average molecular weight is 140 g/mol. The highest BCUT2D eigenvalue weighted by Crippen LogP contribution is 1.90. The van der Waals surface area contributed by atoms with Crippen LogP contribution in [0.2, 0.25) is 0 Å². The third-order valence-corrected chi connectivity index (χ3v) is 3.19. The quantitative estimate of drug-likeness (QED) is 0.530. The van der Waals surface area contributed by atoms with Crippen LogP contribution in [-0.2, 0) is 0 Å². The number of hydrogen-bond donors (Lipinski definition) is 0. The van der Waals surface area contributed by atoms with E-state index in [4.69, 9.17) is 0 Å². The highest BCUT2D eigenvalue weighted by atomic mass is 32.1. The van der Waals surface area contributed by atoms with Crippen LogP contribution in [-0.4, -0.2) is 9.52 Å². The van der Waals surface area contributed by atoms with Gasteiger partial charge >= 0.3 is 0 Å². The van der Waals surface area contributed by atoms with Crippen molar-refractivity contribution in [2.75, 3.05) is 0 Å². The van der Waals surface area contributed by atoms with Crippen molar-refractivity contribution in [3.8, 4) is 0 Å². The Morgan fingerprint density at radius 1 is 1.75 bits per heavy atom. The standard InChI is InChI=1S/C6H8SSi/c1-2-8-6-3-4-7-5-6/h2-5H,1,8H2. The molecule has 0 bridgehead atoms. The fourth-order valence-electron chi connectivity index (χ4n) is 0.575. The molecule has 0 saturated carbocycles. The first-order chi connectivity index (χ1) is 3.93. The summed E-state index contributed by atoms with van der Waals surface area (Å²) < 4.78 is 0. The first-order valence-electron chi connectivity index (χ1n) is 2.55. The van der Waals surface area contributed by atoms with Gasteiger partial charge in [0, 0.05) is 0 Å². The zero-order valence-electron chi connectivity index (χ0n) is 4.63. The summed E-state index contributed by atoms with van der Waals surface area (Å²) in [6.07, 6.45) is 0. The van der Waals surface area contributed by atoms with Crippen molar-refractivity contribution in [2.24, 2.45) is 0 Å². The maximum absolute atomic E-state index is 3.70. The molecule has 0 radical (unpaired) electrons. The summed E-state index contributed by atoms with van der Waals surface area (Å²) in [5.41, 5.74) is 2.06. The molecule has 0 spiro atoms. The molecule has 0 saturated heterocycles. The van der Waals surface area contributed by atoms with E-state index in [0.717, 1.165) is 0 Å². The molecule has 1 aromatic heterocycles. The Morgan fingerprint density at radius 2 is 2.62 bits per heavy atom. The third-order valence-electron chi connectivity index (χ3n) is 0.960. The number of hydrogen-bond acceptors (Lipinski definition) is 1. The van der Waals surface area contributed by atoms with Gasteiger partial charge in [0.15, 0.2) is 0 Å². The van der Waals surface area contributed by atoms with E-state index in [2.05, 4.69) is 29.1 Å². The average Bonchev–Trinajstić information content (AvgIpc) is 2.19. The summed E-state index contributed by atoms with van der Waals surface area (Å²) in [5, 5.41) is 5.82. The van der Waals surface area contributed by atoms with Crippen LogP contribution in [0.4, 0.5) is 0 Å². The molecule has 1 rings (SSSR count). The Kier molecular flexibility index (Phi) is 2.06. The van der Waals surface area contributed by atoms with Crippen LogP contribution in [0.5, 0.6) is 0 Å². The van der Waals surface area contributed by atoms with Gasteiger partial charge in [-0.05, 0) is 10.8 Å². The minimum atomic E-state index is -0.0845. The van der Waals surface area contributed by atoms with Gasteiger partial charge in [0.25, 0.3) is 0 Å². The molecule has 1 heterocycles. The maximum Gasteiger partial charge on any atom is 0.0786 e. The molecule has 0 atom stereocenters. The lowest BCUT2D eigenvalue weighted by molar-refractivity contribution is 2.13. The Hall–Kier alpha value is -0.343. The maximum atomic E-state index is 3.70. The first-order valence-corrected chi connectivity index (χ1v) is 5.02. The van der Waals surface area contributed by atoms with E-state index in [0.29, 0.717) is 0 Å². The van der Waals surface area contributed by atoms with Crippen molar-refractivity contribution in [1.82, 2.24) is 0 Å². The van der Waals surface area contributed by atoms with Crippen LogP contribution < -0.4 is 5.19 Å². The van der Waals surface area contributed by atoms with E-state index in [1.807, 2.05) is 0 Å². The topological polar surface area (TPSA) is 0 Å². The van der Waals surface area contributed by atoms with Crippen LogP contribution in [0.25, 0.3) is 0 Å². The first kappa shape index (κ1) is 5.79. The minimum absolute atomic E-state index is 0.0845. The van der Waals surface area contributed by atoms with Gasteiger partial charge in [-0.2, -0.15) is 11.3 Å². The second-order valence-corrected chi connectivity index (χ2v) is 4.21. The molecule has 2 heteroatoms. The molecule has 0 amide bonds. The fourth-order valence-corrected chi connectivity index (χ4v) is 2.59. The molecule has 0 unspecified atom stereocenters. The second kappa shape index (κ2) is 2.84. The molecular weight excluding hydrogens is 132 g/mol. The van der Waals surface area contributed by atoms with E-state index in [9.17, 15) is 0 Å². The minimum Gasteiger partial charge on any atom is -0.153 e. The summed E-state index contributed by atoms with van der Waals surface area (Å²) in [6, 6.07) is 2.18. The molecule has 0 aromatic carbocycles. The normalized spacial score (nSPS) is 10.5. The third kappa shape index (κ3) is 1.32. The van der Waals surface area contributed by atoms with Gasteiger partial charge in [0.1, 0.15) is 0 Å². The van der Waals surface area contributed by atoms with Crippen molar-refractivity contribution in [1.29, 1.82) is 0 Å². The molecule has 0 N–H and O–H groups in total. The van der Waals surface area contributed by atoms with Crippen molar-refractivity contribution in [2.45, 2.75) is 0 Å². The monoisotopic (exact) mass is 140 g/mol. The predicted octanol–water partition coefficient (Wildman–Crippen LogP) is 0.686. The number of rotatable bonds is 2. The fraction of sp³-hybridized carbons (Fsp3) is 0. The van der Waals surface area contributed by atoms with Gasteiger partial charge in [-0.15, -0.1) is 12.3 Å². The van der Waals surface area contributed by atoms with E-state index in [1.165, 1.54) is 5.19 Å². The lowest BCUT2D eigenvalue weighted by Gasteiger charge is -1.80. The largest absolute Gasteiger partial charge is 0.153 e. The summed E-state index contributed by atoms with van der Waals surface area (Å²) in [4.78, 5) is 0. The summed E-state index contributed by atoms with van der Waals surface area (Å²) in [7, 11) is -0.0845. The van der Waals surface area contributed by atoms with Crippen LogP contribution >= 0.6 is 11.3 Å². The van der Waals surface area contributed by atoms with Gasteiger partial charge in [-0.3, -0.25) is 0 Å². The Bertz CT molecular complexity index is 155. The molecule has 8 heavy (non-hydrogen) atoms. The zero-order valence-corrected chi connectivity index (χ0v) is 6.86. The molecule has 0 aliphatic heterocycles. The van der Waals surface area contributed by atoms with E-state index < -0.39 is 0 Å². The van der Waals surface area contributed by atoms with Crippen molar-refractivity contribution >= 4 is 26.0 Å². The van der Waals surface area contributed by atoms with Crippen LogP contribution in [0.1, 0.15) is 0 Å². The molecule has 0 aliphatic carbocycles. The van der Waals surface area contributed by atoms with Gasteiger partial charge < -0.3 is 0 Å². The van der Waals surface area contributed by atoms with Gasteiger partial charge in [0.2, 0.25) is 0 Å². The molecule has 1 aromatic rings. The van der Waals surface area contributed by atoms with E-state index in [-0.39, 0.29) is 9.52 Å². The van der Waals surface area contributed by atoms with E-state index >= 15 is 0 Å². The molecule has 0 nitrogen and oxygen atoms in total. The van der Waals surface area contributed by atoms with Gasteiger partial charge in [-0.1, -0.05) is 11.3 Å². The predicted molar refractivity (Wildman–Crippen MR) is 42.7 cm³/mol. The Balaban J connectivity index is 2.62. The lowest BCUT2D eigenvalue weighted by atomic mass is 10.7. The summed E-state index contributed by atoms with van der Waals surface area (Å²) in [5.74, 6) is 0. The van der Waals surface area contributed by atoms with Gasteiger partial charge in [0.05, 0.1) is 9.52 Å². The molecule has 0 fully saturated rings. The number of thiophene rings is 1. The van der Waals surface area contributed by atoms with Crippen LogP contribution in [0.3, 0.4) is 0 Å². The second-order valence-electron chi connectivity index (χ2n) is 1.62. The highest BCUT2D eigenvalue weighted by molar-refractivity contribution is 7.09. The highest BCUT2D eigenvalue weighted by Gasteiger charge is 1.85. The summed E-state index contributed by atoms with van der Waals surface area (Å²) in [6.45, 7) is 3.70. The van der Waals surface area contributed by atoms with Crippen molar-refractivity contribution in [3.63, 3.8) is 0 Å². The van der Waals surface area contributed by atoms with E-state index in [1.54, 1.807) is 11.3 Å². The van der Waals surface area contributed by atoms with Crippen LogP contribution in [0.15, 0.2) is 29.1 Å². The summed E-state index contributed by atoms with van der Waals surface area (Å²) >= 11 is 1.77. The van der Waals surface area contributed by atoms with Gasteiger partial charge in [-0.25, -0.2) is 0 Å².